The first kappa shape index (κ1) is 13.4. The van der Waals surface area contributed by atoms with E-state index in [2.05, 4.69) is 11.0 Å². The van der Waals surface area contributed by atoms with Gasteiger partial charge < -0.3 is 9.84 Å². The van der Waals surface area contributed by atoms with Crippen LogP contribution in [0.1, 0.15) is 30.9 Å². The van der Waals surface area contributed by atoms with Crippen LogP contribution in [0, 0.1) is 0 Å². The third kappa shape index (κ3) is 3.47. The van der Waals surface area contributed by atoms with Crippen molar-refractivity contribution in [1.29, 1.82) is 0 Å². The molecule has 3 nitrogen and oxygen atoms in total. The number of aliphatic hydroxyl groups excluding tert-OH is 1. The predicted octanol–water partition coefficient (Wildman–Crippen LogP) is 2.21. The van der Waals surface area contributed by atoms with Crippen LogP contribution >= 0.6 is 0 Å². The first-order chi connectivity index (χ1) is 8.69. The number of methoxy groups -OCH3 is 1. The SMILES string of the molecule is COc1ccc(CC(C)O)cc1CN1CCCC1. The molecule has 3 heteroatoms. The molecule has 1 aromatic carbocycles. The second kappa shape index (κ2) is 6.21. The summed E-state index contributed by atoms with van der Waals surface area (Å²) in [5.74, 6) is 0.955. The number of hydrogen-bond donors (Lipinski definition) is 1. The quantitative estimate of drug-likeness (QED) is 0.868. The van der Waals surface area contributed by atoms with E-state index in [1.54, 1.807) is 7.11 Å². The molecule has 1 aromatic rings. The van der Waals surface area contributed by atoms with Crippen LogP contribution in [0.2, 0.25) is 0 Å². The van der Waals surface area contributed by atoms with Crippen LogP contribution < -0.4 is 4.74 Å². The van der Waals surface area contributed by atoms with E-state index >= 15 is 0 Å². The Balaban J connectivity index is 2.13. The van der Waals surface area contributed by atoms with Gasteiger partial charge in [0, 0.05) is 12.1 Å². The molecule has 1 atom stereocenters. The Morgan fingerprint density at radius 1 is 1.33 bits per heavy atom. The molecule has 1 aliphatic heterocycles. The Bertz CT molecular complexity index is 384. The first-order valence-corrected chi connectivity index (χ1v) is 6.75. The summed E-state index contributed by atoms with van der Waals surface area (Å²) in [7, 11) is 1.72. The highest BCUT2D eigenvalue weighted by molar-refractivity contribution is 5.37. The lowest BCUT2D eigenvalue weighted by molar-refractivity contribution is 0.195. The van der Waals surface area contributed by atoms with Crippen LogP contribution in [0.4, 0.5) is 0 Å². The van der Waals surface area contributed by atoms with E-state index in [1.165, 1.54) is 37.1 Å². The van der Waals surface area contributed by atoms with E-state index < -0.39 is 0 Å². The van der Waals surface area contributed by atoms with Gasteiger partial charge in [-0.25, -0.2) is 0 Å². The Labute approximate surface area is 109 Å². The molecule has 0 aliphatic carbocycles. The van der Waals surface area contributed by atoms with Gasteiger partial charge in [-0.1, -0.05) is 12.1 Å². The van der Waals surface area contributed by atoms with Crippen LogP contribution in [0.25, 0.3) is 0 Å². The van der Waals surface area contributed by atoms with Gasteiger partial charge in [0.05, 0.1) is 13.2 Å². The van der Waals surface area contributed by atoms with Crippen molar-refractivity contribution in [2.24, 2.45) is 0 Å². The molecular weight excluding hydrogens is 226 g/mol. The van der Waals surface area contributed by atoms with Crippen LogP contribution in [0.5, 0.6) is 5.75 Å². The average Bonchev–Trinajstić information content (AvgIpc) is 2.81. The summed E-state index contributed by atoms with van der Waals surface area (Å²) in [5.41, 5.74) is 2.41. The molecule has 1 saturated heterocycles. The van der Waals surface area contributed by atoms with Crippen LogP contribution in [-0.2, 0) is 13.0 Å². The normalized spacial score (nSPS) is 17.9. The van der Waals surface area contributed by atoms with E-state index in [9.17, 15) is 5.11 Å². The van der Waals surface area contributed by atoms with Crippen LogP contribution in [0.15, 0.2) is 18.2 Å². The van der Waals surface area contributed by atoms with Gasteiger partial charge in [-0.2, -0.15) is 0 Å². The molecule has 1 fully saturated rings. The standard InChI is InChI=1S/C15H23NO2/c1-12(17)9-13-5-6-15(18-2)14(10-13)11-16-7-3-4-8-16/h5-6,10,12,17H,3-4,7-9,11H2,1-2H3. The van der Waals surface area contributed by atoms with Crippen molar-refractivity contribution >= 4 is 0 Å². The minimum absolute atomic E-state index is 0.293. The Morgan fingerprint density at radius 2 is 2.06 bits per heavy atom. The highest BCUT2D eigenvalue weighted by Gasteiger charge is 2.14. The second-order valence-electron chi connectivity index (χ2n) is 5.18. The highest BCUT2D eigenvalue weighted by atomic mass is 16.5. The van der Waals surface area contributed by atoms with Crippen molar-refractivity contribution in [2.75, 3.05) is 20.2 Å². The minimum Gasteiger partial charge on any atom is -0.496 e. The smallest absolute Gasteiger partial charge is 0.123 e. The topological polar surface area (TPSA) is 32.7 Å². The van der Waals surface area contributed by atoms with Gasteiger partial charge in [0.2, 0.25) is 0 Å². The van der Waals surface area contributed by atoms with Crippen molar-refractivity contribution in [2.45, 2.75) is 38.8 Å². The minimum atomic E-state index is -0.293. The molecule has 1 heterocycles. The van der Waals surface area contributed by atoms with Crippen molar-refractivity contribution in [3.8, 4) is 5.75 Å². The van der Waals surface area contributed by atoms with E-state index in [1.807, 2.05) is 19.1 Å². The monoisotopic (exact) mass is 249 g/mol. The number of rotatable bonds is 5. The first-order valence-electron chi connectivity index (χ1n) is 6.75. The van der Waals surface area contributed by atoms with Crippen molar-refractivity contribution in [3.63, 3.8) is 0 Å². The maximum Gasteiger partial charge on any atom is 0.123 e. The van der Waals surface area contributed by atoms with Gasteiger partial charge in [-0.3, -0.25) is 4.90 Å². The summed E-state index contributed by atoms with van der Waals surface area (Å²) in [6.45, 7) is 5.15. The zero-order valence-corrected chi connectivity index (χ0v) is 11.4. The van der Waals surface area contributed by atoms with Gasteiger partial charge >= 0.3 is 0 Å². The molecule has 1 unspecified atom stereocenters. The summed E-state index contributed by atoms with van der Waals surface area (Å²) in [6, 6.07) is 6.23. The summed E-state index contributed by atoms with van der Waals surface area (Å²) in [6.07, 6.45) is 3.01. The predicted molar refractivity (Wildman–Crippen MR) is 72.9 cm³/mol. The zero-order chi connectivity index (χ0) is 13.0. The molecule has 0 saturated carbocycles. The van der Waals surface area contributed by atoms with Gasteiger partial charge in [0.25, 0.3) is 0 Å². The van der Waals surface area contributed by atoms with Gasteiger partial charge in [0.1, 0.15) is 5.75 Å². The van der Waals surface area contributed by atoms with E-state index in [4.69, 9.17) is 4.74 Å². The fourth-order valence-corrected chi connectivity index (χ4v) is 2.61. The summed E-state index contributed by atoms with van der Waals surface area (Å²) < 4.78 is 5.43. The lowest BCUT2D eigenvalue weighted by Crippen LogP contribution is -2.19. The number of ether oxygens (including phenoxy) is 1. The second-order valence-corrected chi connectivity index (χ2v) is 5.18. The Kier molecular flexibility index (Phi) is 4.61. The fourth-order valence-electron chi connectivity index (χ4n) is 2.61. The fraction of sp³-hybridized carbons (Fsp3) is 0.600. The molecule has 2 rings (SSSR count). The lowest BCUT2D eigenvalue weighted by atomic mass is 10.0. The largest absolute Gasteiger partial charge is 0.496 e. The van der Waals surface area contributed by atoms with E-state index in [0.717, 1.165) is 12.3 Å². The van der Waals surface area contributed by atoms with Crippen LogP contribution in [-0.4, -0.2) is 36.3 Å². The Hall–Kier alpha value is -1.06. The molecule has 18 heavy (non-hydrogen) atoms. The van der Waals surface area contributed by atoms with Gasteiger partial charge in [-0.05, 0) is 50.9 Å². The molecule has 0 aromatic heterocycles. The van der Waals surface area contributed by atoms with Crippen molar-refractivity contribution in [1.82, 2.24) is 4.90 Å². The van der Waals surface area contributed by atoms with Gasteiger partial charge in [-0.15, -0.1) is 0 Å². The highest BCUT2D eigenvalue weighted by Crippen LogP contribution is 2.24. The van der Waals surface area contributed by atoms with Crippen molar-refractivity contribution < 1.29 is 9.84 Å². The number of benzene rings is 1. The molecule has 100 valence electrons. The van der Waals surface area contributed by atoms with Crippen molar-refractivity contribution in [3.05, 3.63) is 29.3 Å². The summed E-state index contributed by atoms with van der Waals surface area (Å²) in [5, 5.41) is 9.47. The lowest BCUT2D eigenvalue weighted by Gasteiger charge is -2.18. The Morgan fingerprint density at radius 3 is 2.67 bits per heavy atom. The maximum atomic E-state index is 9.47. The molecule has 0 amide bonds. The number of likely N-dealkylation sites (tertiary alicyclic amines) is 1. The van der Waals surface area contributed by atoms with E-state index in [-0.39, 0.29) is 6.10 Å². The molecule has 0 bridgehead atoms. The molecule has 1 N–H and O–H groups in total. The molecule has 0 radical (unpaired) electrons. The number of nitrogens with zero attached hydrogens (tertiary/aromatic N) is 1. The third-order valence-corrected chi connectivity index (χ3v) is 3.47. The van der Waals surface area contributed by atoms with Gasteiger partial charge in [0.15, 0.2) is 0 Å². The zero-order valence-electron chi connectivity index (χ0n) is 11.4. The molecule has 1 aliphatic rings. The summed E-state index contributed by atoms with van der Waals surface area (Å²) in [4.78, 5) is 2.46. The number of aliphatic hydroxyl groups is 1. The van der Waals surface area contributed by atoms with Crippen LogP contribution in [0.3, 0.4) is 0 Å². The summed E-state index contributed by atoms with van der Waals surface area (Å²) >= 11 is 0. The molecular formula is C15H23NO2. The maximum absolute atomic E-state index is 9.47. The molecule has 0 spiro atoms. The third-order valence-electron chi connectivity index (χ3n) is 3.47. The van der Waals surface area contributed by atoms with E-state index in [0.29, 0.717) is 6.42 Å². The number of hydrogen-bond acceptors (Lipinski definition) is 3. The average molecular weight is 249 g/mol.